The highest BCUT2D eigenvalue weighted by molar-refractivity contribution is 5.87. The SMILES string of the molecule is C=CCOC(=O)CCC(NC(=O)NC(CCCCNC(=O)C(F)(F)F)C(=O)OCC=C)C(=O)OCC=C. The van der Waals surface area contributed by atoms with Crippen LogP contribution in [0, 0.1) is 0 Å². The van der Waals surface area contributed by atoms with Crippen molar-refractivity contribution in [2.75, 3.05) is 26.4 Å². The predicted octanol–water partition coefficient (Wildman–Crippen LogP) is 1.84. The number of carbonyl (C=O) groups excluding carboxylic acids is 5. The molecule has 14 heteroatoms. The lowest BCUT2D eigenvalue weighted by Crippen LogP contribution is -2.52. The number of esters is 3. The van der Waals surface area contributed by atoms with Gasteiger partial charge in [0.2, 0.25) is 0 Å². The second-order valence-electron chi connectivity index (χ2n) is 7.32. The molecule has 2 unspecified atom stereocenters. The van der Waals surface area contributed by atoms with Crippen LogP contribution in [0.1, 0.15) is 32.1 Å². The van der Waals surface area contributed by atoms with E-state index in [4.69, 9.17) is 14.2 Å². The molecule has 0 fully saturated rings. The van der Waals surface area contributed by atoms with Gasteiger partial charge >= 0.3 is 36.0 Å². The Morgan fingerprint density at radius 3 is 1.73 bits per heavy atom. The Morgan fingerprint density at radius 2 is 1.24 bits per heavy atom. The van der Waals surface area contributed by atoms with E-state index in [0.29, 0.717) is 0 Å². The average Bonchev–Trinajstić information content (AvgIpc) is 2.85. The molecule has 0 radical (unpaired) electrons. The van der Waals surface area contributed by atoms with Crippen LogP contribution in [0.4, 0.5) is 18.0 Å². The van der Waals surface area contributed by atoms with Gasteiger partial charge in [-0.15, -0.1) is 0 Å². The largest absolute Gasteiger partial charge is 0.471 e. The number of alkyl halides is 3. The summed E-state index contributed by atoms with van der Waals surface area (Å²) in [5.41, 5.74) is 0. The summed E-state index contributed by atoms with van der Waals surface area (Å²) in [4.78, 5) is 59.7. The number of urea groups is 1. The van der Waals surface area contributed by atoms with Gasteiger partial charge in [0, 0.05) is 13.0 Å². The molecule has 11 nitrogen and oxygen atoms in total. The van der Waals surface area contributed by atoms with E-state index >= 15 is 0 Å². The Hall–Kier alpha value is -3.84. The smallest absolute Gasteiger partial charge is 0.461 e. The number of hydrogen-bond acceptors (Lipinski definition) is 8. The summed E-state index contributed by atoms with van der Waals surface area (Å²) in [5, 5.41) is 6.34. The molecule has 37 heavy (non-hydrogen) atoms. The number of amides is 3. The third kappa shape index (κ3) is 15.7. The van der Waals surface area contributed by atoms with Crippen LogP contribution >= 0.6 is 0 Å². The van der Waals surface area contributed by atoms with E-state index < -0.39 is 48.1 Å². The molecule has 0 heterocycles. The number of rotatable bonds is 18. The second-order valence-corrected chi connectivity index (χ2v) is 7.32. The molecule has 2 atom stereocenters. The van der Waals surface area contributed by atoms with Crippen molar-refractivity contribution in [2.45, 2.75) is 50.4 Å². The van der Waals surface area contributed by atoms with Gasteiger partial charge in [-0.05, 0) is 25.7 Å². The molecule has 0 bridgehead atoms. The van der Waals surface area contributed by atoms with Crippen molar-refractivity contribution in [3.63, 3.8) is 0 Å². The molecular formula is C23H32F3N3O8. The molecule has 0 aliphatic heterocycles. The molecular weight excluding hydrogens is 503 g/mol. The molecule has 208 valence electrons. The minimum Gasteiger partial charge on any atom is -0.461 e. The van der Waals surface area contributed by atoms with E-state index in [-0.39, 0.29) is 58.5 Å². The lowest BCUT2D eigenvalue weighted by Gasteiger charge is -2.21. The Balaban J connectivity index is 5.10. The fourth-order valence-corrected chi connectivity index (χ4v) is 2.60. The monoisotopic (exact) mass is 535 g/mol. The van der Waals surface area contributed by atoms with E-state index in [1.807, 2.05) is 0 Å². The van der Waals surface area contributed by atoms with Gasteiger partial charge in [-0.2, -0.15) is 13.2 Å². The number of halogens is 3. The molecule has 0 aromatic carbocycles. The third-order valence-corrected chi connectivity index (χ3v) is 4.33. The normalized spacial score (nSPS) is 12.2. The van der Waals surface area contributed by atoms with Gasteiger partial charge < -0.3 is 30.2 Å². The quantitative estimate of drug-likeness (QED) is 0.104. The third-order valence-electron chi connectivity index (χ3n) is 4.33. The Kier molecular flexibility index (Phi) is 16.5. The summed E-state index contributed by atoms with van der Waals surface area (Å²) < 4.78 is 51.4. The molecule has 0 aliphatic rings. The fourth-order valence-electron chi connectivity index (χ4n) is 2.60. The van der Waals surface area contributed by atoms with E-state index in [0.717, 1.165) is 0 Å². The van der Waals surface area contributed by atoms with Crippen molar-refractivity contribution in [1.82, 2.24) is 16.0 Å². The molecule has 0 aromatic heterocycles. The molecule has 3 N–H and O–H groups in total. The van der Waals surface area contributed by atoms with Crippen LogP contribution in [-0.2, 0) is 33.4 Å². The number of hydrogen-bond donors (Lipinski definition) is 3. The molecule has 0 rings (SSSR count). The van der Waals surface area contributed by atoms with Crippen LogP contribution < -0.4 is 16.0 Å². The van der Waals surface area contributed by atoms with Gasteiger partial charge in [0.1, 0.15) is 31.9 Å². The first kappa shape index (κ1) is 33.2. The van der Waals surface area contributed by atoms with Gasteiger partial charge in [-0.3, -0.25) is 9.59 Å². The Bertz CT molecular complexity index is 818. The van der Waals surface area contributed by atoms with Gasteiger partial charge in [0.05, 0.1) is 0 Å². The van der Waals surface area contributed by atoms with Crippen molar-refractivity contribution in [3.05, 3.63) is 38.0 Å². The van der Waals surface area contributed by atoms with Gasteiger partial charge in [-0.25, -0.2) is 14.4 Å². The summed E-state index contributed by atoms with van der Waals surface area (Å²) in [7, 11) is 0. The summed E-state index contributed by atoms with van der Waals surface area (Å²) in [6.45, 7) is 9.56. The highest BCUT2D eigenvalue weighted by atomic mass is 19.4. The highest BCUT2D eigenvalue weighted by Gasteiger charge is 2.38. The summed E-state index contributed by atoms with van der Waals surface area (Å²) >= 11 is 0. The minimum atomic E-state index is -5.01. The first-order valence-corrected chi connectivity index (χ1v) is 11.2. The molecule has 0 aliphatic carbocycles. The topological polar surface area (TPSA) is 149 Å². The zero-order valence-corrected chi connectivity index (χ0v) is 20.3. The molecule has 0 saturated carbocycles. The maximum Gasteiger partial charge on any atom is 0.471 e. The summed E-state index contributed by atoms with van der Waals surface area (Å²) in [5.74, 6) is -4.45. The highest BCUT2D eigenvalue weighted by Crippen LogP contribution is 2.14. The molecule has 0 spiro atoms. The van der Waals surface area contributed by atoms with Crippen molar-refractivity contribution in [3.8, 4) is 0 Å². The maximum atomic E-state index is 12.5. The lowest BCUT2D eigenvalue weighted by molar-refractivity contribution is -0.173. The van der Waals surface area contributed by atoms with Crippen LogP contribution in [0.25, 0.3) is 0 Å². The minimum absolute atomic E-state index is 0.0350. The van der Waals surface area contributed by atoms with Crippen LogP contribution in [0.5, 0.6) is 0 Å². The zero-order valence-electron chi connectivity index (χ0n) is 20.3. The molecule has 0 aromatic rings. The summed E-state index contributed by atoms with van der Waals surface area (Å²) in [6, 6.07) is -3.48. The lowest BCUT2D eigenvalue weighted by atomic mass is 10.1. The van der Waals surface area contributed by atoms with Crippen LogP contribution in [0.2, 0.25) is 0 Å². The van der Waals surface area contributed by atoms with Gasteiger partial charge in [-0.1, -0.05) is 38.0 Å². The van der Waals surface area contributed by atoms with Gasteiger partial charge in [0.25, 0.3) is 0 Å². The number of ether oxygens (including phenoxy) is 3. The maximum absolute atomic E-state index is 12.5. The van der Waals surface area contributed by atoms with Crippen molar-refractivity contribution < 1.29 is 51.4 Å². The van der Waals surface area contributed by atoms with E-state index in [2.05, 4.69) is 30.4 Å². The molecule has 3 amide bonds. The van der Waals surface area contributed by atoms with Gasteiger partial charge in [0.15, 0.2) is 0 Å². The second kappa shape index (κ2) is 18.4. The first-order chi connectivity index (χ1) is 17.5. The fraction of sp³-hybridized carbons (Fsp3) is 0.522. The standard InChI is InChI=1S/C23H32F3N3O8/c1-4-13-35-18(30)11-10-17(20(32)37-15-6-3)29-22(34)28-16(19(31)36-14-5-2)9-7-8-12-27-21(33)23(24,25)26/h4-6,16-17H,1-3,7-15H2,(H,27,33)(H2,28,29,34). The molecule has 0 saturated heterocycles. The van der Waals surface area contributed by atoms with Crippen molar-refractivity contribution >= 4 is 29.8 Å². The van der Waals surface area contributed by atoms with Crippen LogP contribution in [-0.4, -0.2) is 74.5 Å². The van der Waals surface area contributed by atoms with Crippen LogP contribution in [0.3, 0.4) is 0 Å². The Labute approximate surface area is 212 Å². The number of nitrogens with one attached hydrogen (secondary N) is 3. The number of carbonyl (C=O) groups is 5. The average molecular weight is 536 g/mol. The van der Waals surface area contributed by atoms with E-state index in [9.17, 15) is 37.1 Å². The van der Waals surface area contributed by atoms with Crippen molar-refractivity contribution in [2.24, 2.45) is 0 Å². The zero-order chi connectivity index (χ0) is 28.3. The number of unbranched alkanes of at least 4 members (excludes halogenated alkanes) is 1. The van der Waals surface area contributed by atoms with Crippen LogP contribution in [0.15, 0.2) is 38.0 Å². The predicted molar refractivity (Wildman–Crippen MR) is 125 cm³/mol. The van der Waals surface area contributed by atoms with E-state index in [1.165, 1.54) is 18.2 Å². The first-order valence-electron chi connectivity index (χ1n) is 11.2. The summed E-state index contributed by atoms with van der Waals surface area (Å²) in [6.07, 6.45) is -1.33. The van der Waals surface area contributed by atoms with E-state index in [1.54, 1.807) is 5.32 Å². The Morgan fingerprint density at radius 1 is 0.757 bits per heavy atom. The van der Waals surface area contributed by atoms with Crippen molar-refractivity contribution in [1.29, 1.82) is 0 Å².